The lowest BCUT2D eigenvalue weighted by Gasteiger charge is -2.07. The zero-order valence-electron chi connectivity index (χ0n) is 8.29. The summed E-state index contributed by atoms with van der Waals surface area (Å²) in [6, 6.07) is 0. The molecule has 1 rings (SSSR count). The molecular formula is C9H10N2O3S. The van der Waals surface area contributed by atoms with Gasteiger partial charge in [-0.3, -0.25) is 4.79 Å². The van der Waals surface area contributed by atoms with Crippen molar-refractivity contribution >= 4 is 24.1 Å². The van der Waals surface area contributed by atoms with Crippen molar-refractivity contribution in [3.8, 4) is 0 Å². The quantitative estimate of drug-likeness (QED) is 0.580. The summed E-state index contributed by atoms with van der Waals surface area (Å²) in [7, 11) is 1.26. The predicted octanol–water partition coefficient (Wildman–Crippen LogP) is 0.938. The molecule has 0 aromatic carbocycles. The molecule has 1 heterocycles. The monoisotopic (exact) mass is 226 g/mol. The van der Waals surface area contributed by atoms with Crippen LogP contribution >= 0.6 is 12.2 Å². The van der Waals surface area contributed by atoms with E-state index < -0.39 is 11.9 Å². The van der Waals surface area contributed by atoms with Crippen LogP contribution in [0.3, 0.4) is 0 Å². The molecule has 0 aliphatic carbocycles. The summed E-state index contributed by atoms with van der Waals surface area (Å²) in [4.78, 5) is 25.0. The number of ether oxygens (including phenoxy) is 1. The lowest BCUT2D eigenvalue weighted by Crippen LogP contribution is -2.17. The lowest BCUT2D eigenvalue weighted by atomic mass is 10.1. The molecule has 0 aliphatic rings. The van der Waals surface area contributed by atoms with Crippen molar-refractivity contribution in [1.82, 2.24) is 4.98 Å². The van der Waals surface area contributed by atoms with Crippen molar-refractivity contribution in [3.63, 3.8) is 0 Å². The van der Waals surface area contributed by atoms with E-state index in [0.717, 1.165) is 0 Å². The van der Waals surface area contributed by atoms with E-state index in [1.54, 1.807) is 6.92 Å². The van der Waals surface area contributed by atoms with Crippen LogP contribution in [0.2, 0.25) is 0 Å². The average Bonchev–Trinajstić information content (AvgIpc) is 2.16. The molecule has 0 unspecified atom stereocenters. The van der Waals surface area contributed by atoms with Crippen molar-refractivity contribution in [2.45, 2.75) is 6.92 Å². The number of aromatic amines is 1. The standard InChI is InChI=1S/C9H10N2O3S/c1-4-5(9(13)14-2)3-11-8(15)6(4)7(10)12/h3H,1-2H3,(H2,10,12)(H,11,15). The van der Waals surface area contributed by atoms with Gasteiger partial charge in [0, 0.05) is 6.20 Å². The van der Waals surface area contributed by atoms with Gasteiger partial charge < -0.3 is 15.5 Å². The molecular weight excluding hydrogens is 216 g/mol. The summed E-state index contributed by atoms with van der Waals surface area (Å²) in [5.41, 5.74) is 5.97. The van der Waals surface area contributed by atoms with Gasteiger partial charge in [0.15, 0.2) is 0 Å². The first kappa shape index (κ1) is 11.4. The zero-order chi connectivity index (χ0) is 11.6. The van der Waals surface area contributed by atoms with Gasteiger partial charge in [-0.1, -0.05) is 12.2 Å². The Morgan fingerprint density at radius 1 is 1.53 bits per heavy atom. The fourth-order valence-corrected chi connectivity index (χ4v) is 1.55. The summed E-state index contributed by atoms with van der Waals surface area (Å²) in [6.07, 6.45) is 1.40. The molecule has 0 aliphatic heterocycles. The fraction of sp³-hybridized carbons (Fsp3) is 0.222. The van der Waals surface area contributed by atoms with Crippen LogP contribution in [0.25, 0.3) is 0 Å². The molecule has 1 amide bonds. The third-order valence-electron chi connectivity index (χ3n) is 2.01. The van der Waals surface area contributed by atoms with E-state index >= 15 is 0 Å². The van der Waals surface area contributed by atoms with E-state index in [9.17, 15) is 9.59 Å². The SMILES string of the molecule is COC(=O)c1c[nH]c(=S)c(C(N)=O)c1C. The summed E-state index contributed by atoms with van der Waals surface area (Å²) < 4.78 is 4.76. The van der Waals surface area contributed by atoms with Crippen LogP contribution in [0.1, 0.15) is 26.3 Å². The number of carbonyl (C=O) groups excluding carboxylic acids is 2. The molecule has 0 fully saturated rings. The molecule has 5 nitrogen and oxygen atoms in total. The number of aromatic nitrogens is 1. The minimum Gasteiger partial charge on any atom is -0.465 e. The zero-order valence-corrected chi connectivity index (χ0v) is 9.10. The maximum Gasteiger partial charge on any atom is 0.339 e. The highest BCUT2D eigenvalue weighted by Gasteiger charge is 2.16. The number of methoxy groups -OCH3 is 1. The van der Waals surface area contributed by atoms with Gasteiger partial charge in [-0.15, -0.1) is 0 Å². The van der Waals surface area contributed by atoms with Crippen LogP contribution in [0.4, 0.5) is 0 Å². The Bertz CT molecular complexity index is 479. The van der Waals surface area contributed by atoms with Crippen LogP contribution in [0.5, 0.6) is 0 Å². The summed E-state index contributed by atoms with van der Waals surface area (Å²) in [5.74, 6) is -1.21. The Labute approximate surface area is 91.2 Å². The number of rotatable bonds is 2. The average molecular weight is 226 g/mol. The van der Waals surface area contributed by atoms with Crippen LogP contribution in [0, 0.1) is 11.6 Å². The van der Waals surface area contributed by atoms with E-state index in [2.05, 4.69) is 9.72 Å². The van der Waals surface area contributed by atoms with E-state index in [0.29, 0.717) is 5.56 Å². The van der Waals surface area contributed by atoms with Crippen LogP contribution in [0.15, 0.2) is 6.20 Å². The number of hydrogen-bond acceptors (Lipinski definition) is 4. The van der Waals surface area contributed by atoms with Crippen molar-refractivity contribution in [2.24, 2.45) is 5.73 Å². The number of hydrogen-bond donors (Lipinski definition) is 2. The smallest absolute Gasteiger partial charge is 0.339 e. The lowest BCUT2D eigenvalue weighted by molar-refractivity contribution is 0.0599. The molecule has 0 radical (unpaired) electrons. The molecule has 80 valence electrons. The van der Waals surface area contributed by atoms with Crippen LogP contribution in [-0.2, 0) is 4.74 Å². The van der Waals surface area contributed by atoms with Gasteiger partial charge >= 0.3 is 5.97 Å². The Kier molecular flexibility index (Phi) is 3.21. The maximum atomic E-state index is 11.3. The Morgan fingerprint density at radius 2 is 2.13 bits per heavy atom. The van der Waals surface area contributed by atoms with Crippen molar-refractivity contribution in [1.29, 1.82) is 0 Å². The number of primary amides is 1. The highest BCUT2D eigenvalue weighted by atomic mass is 32.1. The number of pyridine rings is 1. The molecule has 0 spiro atoms. The number of amides is 1. The molecule has 3 N–H and O–H groups in total. The minimum atomic E-state index is -0.667. The summed E-state index contributed by atoms with van der Waals surface area (Å²) in [6.45, 7) is 1.59. The summed E-state index contributed by atoms with van der Waals surface area (Å²) >= 11 is 4.89. The molecule has 15 heavy (non-hydrogen) atoms. The normalized spacial score (nSPS) is 9.73. The summed E-state index contributed by atoms with van der Waals surface area (Å²) in [5, 5.41) is 0. The first-order chi connectivity index (χ1) is 6.99. The molecule has 0 bridgehead atoms. The highest BCUT2D eigenvalue weighted by molar-refractivity contribution is 7.71. The second-order valence-electron chi connectivity index (χ2n) is 2.89. The van der Waals surface area contributed by atoms with E-state index in [-0.39, 0.29) is 15.8 Å². The van der Waals surface area contributed by atoms with Crippen LogP contribution < -0.4 is 5.73 Å². The molecule has 0 saturated heterocycles. The second kappa shape index (κ2) is 4.22. The Balaban J connectivity index is 3.48. The van der Waals surface area contributed by atoms with Crippen molar-refractivity contribution in [2.75, 3.05) is 7.11 Å². The minimum absolute atomic E-state index is 0.146. The van der Waals surface area contributed by atoms with Gasteiger partial charge in [0.2, 0.25) is 0 Å². The largest absolute Gasteiger partial charge is 0.465 e. The molecule has 0 atom stereocenters. The van der Waals surface area contributed by atoms with Gasteiger partial charge in [0.05, 0.1) is 18.2 Å². The van der Waals surface area contributed by atoms with E-state index in [1.807, 2.05) is 0 Å². The number of carbonyl (C=O) groups is 2. The van der Waals surface area contributed by atoms with Crippen molar-refractivity contribution in [3.05, 3.63) is 27.5 Å². The van der Waals surface area contributed by atoms with Gasteiger partial charge in [0.25, 0.3) is 5.91 Å². The second-order valence-corrected chi connectivity index (χ2v) is 3.30. The number of H-pyrrole nitrogens is 1. The molecule has 1 aromatic rings. The van der Waals surface area contributed by atoms with Gasteiger partial charge in [-0.05, 0) is 12.5 Å². The molecule has 1 aromatic heterocycles. The van der Waals surface area contributed by atoms with E-state index in [4.69, 9.17) is 18.0 Å². The highest BCUT2D eigenvalue weighted by Crippen LogP contribution is 2.14. The molecule has 6 heteroatoms. The third kappa shape index (κ3) is 2.04. The van der Waals surface area contributed by atoms with Crippen LogP contribution in [-0.4, -0.2) is 24.0 Å². The fourth-order valence-electron chi connectivity index (χ4n) is 1.24. The number of esters is 1. The van der Waals surface area contributed by atoms with E-state index in [1.165, 1.54) is 13.3 Å². The first-order valence-electron chi connectivity index (χ1n) is 4.09. The topological polar surface area (TPSA) is 85.2 Å². The number of nitrogens with one attached hydrogen (secondary N) is 1. The molecule has 0 saturated carbocycles. The van der Waals surface area contributed by atoms with Gasteiger partial charge in [0.1, 0.15) is 4.64 Å². The first-order valence-corrected chi connectivity index (χ1v) is 4.50. The predicted molar refractivity (Wildman–Crippen MR) is 56.2 cm³/mol. The maximum absolute atomic E-state index is 11.3. The third-order valence-corrected chi connectivity index (χ3v) is 2.33. The Hall–Kier alpha value is -1.69. The Morgan fingerprint density at radius 3 is 2.60 bits per heavy atom. The van der Waals surface area contributed by atoms with Crippen molar-refractivity contribution < 1.29 is 14.3 Å². The van der Waals surface area contributed by atoms with Gasteiger partial charge in [-0.2, -0.15) is 0 Å². The number of nitrogens with two attached hydrogens (primary N) is 1. The van der Waals surface area contributed by atoms with Gasteiger partial charge in [-0.25, -0.2) is 4.79 Å².